The molecule has 57 heavy (non-hydrogen) atoms. The number of hydrogen-bond acceptors (Lipinski definition) is 6. The smallest absolute Gasteiger partial charge is 0.258 e. The number of carbonyl (C=O) groups is 1. The molecular formula is C45H55FN4O5S2. The second-order valence-corrected chi connectivity index (χ2v) is 20.8. The van der Waals surface area contributed by atoms with Gasteiger partial charge in [0.2, 0.25) is 0 Å². The molecule has 0 saturated heterocycles. The van der Waals surface area contributed by atoms with Gasteiger partial charge in [-0.3, -0.25) is 4.79 Å². The van der Waals surface area contributed by atoms with Crippen LogP contribution in [0.3, 0.4) is 0 Å². The Hall–Kier alpha value is -4.94. The minimum absolute atomic E-state index is 0.146. The molecular weight excluding hydrogens is 760 g/mol. The van der Waals surface area contributed by atoms with E-state index in [1.807, 2.05) is 84.5 Å². The average Bonchev–Trinajstić information content (AvgIpc) is 3.80. The molecule has 2 heterocycles. The highest BCUT2D eigenvalue weighted by Crippen LogP contribution is 2.28. The zero-order chi connectivity index (χ0) is 41.7. The van der Waals surface area contributed by atoms with Gasteiger partial charge in [-0.15, -0.1) is 0 Å². The molecule has 3 N–H and O–H groups in total. The number of rotatable bonds is 14. The van der Waals surface area contributed by atoms with Gasteiger partial charge in [-0.2, -0.15) is 0 Å². The van der Waals surface area contributed by atoms with Crippen molar-refractivity contribution in [1.29, 1.82) is 0 Å². The van der Waals surface area contributed by atoms with Gasteiger partial charge in [-0.25, -0.2) is 21.2 Å². The van der Waals surface area contributed by atoms with E-state index in [0.717, 1.165) is 50.0 Å². The van der Waals surface area contributed by atoms with Crippen LogP contribution in [0.4, 0.5) is 15.8 Å². The molecule has 0 spiro atoms. The lowest BCUT2D eigenvalue weighted by molar-refractivity contribution is -0.120. The van der Waals surface area contributed by atoms with E-state index in [1.165, 1.54) is 6.92 Å². The van der Waals surface area contributed by atoms with Crippen LogP contribution in [-0.4, -0.2) is 60.1 Å². The fourth-order valence-electron chi connectivity index (χ4n) is 6.49. The highest BCUT2D eigenvalue weighted by Gasteiger charge is 2.20. The lowest BCUT2D eigenvalue weighted by Crippen LogP contribution is -2.20. The molecule has 3 atom stereocenters. The van der Waals surface area contributed by atoms with Crippen molar-refractivity contribution in [1.82, 2.24) is 9.13 Å². The number of nitrogens with two attached hydrogens (primary N) is 1. The van der Waals surface area contributed by atoms with Gasteiger partial charge >= 0.3 is 0 Å². The number of nitrogen functional groups attached to an aromatic ring is 1. The van der Waals surface area contributed by atoms with Gasteiger partial charge in [-0.05, 0) is 143 Å². The second-order valence-electron chi connectivity index (χ2n) is 15.5. The molecule has 0 bridgehead atoms. The number of carbonyl (C=O) groups excluding carboxylic acids is 1. The molecule has 1 unspecified atom stereocenters. The van der Waals surface area contributed by atoms with Gasteiger partial charge in [0.15, 0.2) is 25.8 Å². The Morgan fingerprint density at radius 3 is 1.46 bits per heavy atom. The summed E-state index contributed by atoms with van der Waals surface area (Å²) >= 11 is 0. The summed E-state index contributed by atoms with van der Waals surface area (Å²) in [5, 5.41) is 3.95. The number of amides is 1. The Bertz CT molecular complexity index is 2520. The molecule has 0 saturated carbocycles. The summed E-state index contributed by atoms with van der Waals surface area (Å²) in [7, 11) is -6.02. The van der Waals surface area contributed by atoms with Crippen molar-refractivity contribution in [3.05, 3.63) is 121 Å². The Kier molecular flexibility index (Phi) is 13.7. The van der Waals surface area contributed by atoms with Crippen LogP contribution in [0.15, 0.2) is 109 Å². The molecule has 4 aromatic carbocycles. The molecule has 1 amide bonds. The molecule has 9 nitrogen and oxygen atoms in total. The van der Waals surface area contributed by atoms with Crippen molar-refractivity contribution in [3.8, 4) is 11.4 Å². The van der Waals surface area contributed by atoms with Crippen LogP contribution in [0.5, 0.6) is 0 Å². The van der Waals surface area contributed by atoms with E-state index in [-0.39, 0.29) is 33.8 Å². The van der Waals surface area contributed by atoms with Crippen LogP contribution in [0, 0.1) is 0 Å². The van der Waals surface area contributed by atoms with E-state index in [0.29, 0.717) is 18.5 Å². The zero-order valence-corrected chi connectivity index (χ0v) is 35.4. The van der Waals surface area contributed by atoms with Crippen LogP contribution < -0.4 is 11.1 Å². The molecule has 0 aliphatic carbocycles. The van der Waals surface area contributed by atoms with Crippen molar-refractivity contribution in [2.45, 2.75) is 89.8 Å². The molecule has 0 radical (unpaired) electrons. The summed E-state index contributed by atoms with van der Waals surface area (Å²) in [6.07, 6.45) is 3.66. The average molecular weight is 815 g/mol. The van der Waals surface area contributed by atoms with Gasteiger partial charge < -0.3 is 20.2 Å². The van der Waals surface area contributed by atoms with Crippen LogP contribution in [0.1, 0.15) is 84.3 Å². The predicted molar refractivity (Wildman–Crippen MR) is 234 cm³/mol. The van der Waals surface area contributed by atoms with Crippen molar-refractivity contribution >= 4 is 58.8 Å². The van der Waals surface area contributed by atoms with E-state index in [2.05, 4.69) is 47.1 Å². The lowest BCUT2D eigenvalue weighted by atomic mass is 9.98. The van der Waals surface area contributed by atoms with Gasteiger partial charge in [0.25, 0.3) is 5.91 Å². The Morgan fingerprint density at radius 1 is 0.614 bits per heavy atom. The van der Waals surface area contributed by atoms with Crippen molar-refractivity contribution < 1.29 is 26.0 Å². The normalized spacial score (nSPS) is 13.7. The molecule has 304 valence electrons. The maximum Gasteiger partial charge on any atom is 0.258 e. The summed E-state index contributed by atoms with van der Waals surface area (Å²) < 4.78 is 65.4. The summed E-state index contributed by atoms with van der Waals surface area (Å²) in [4.78, 5) is 11.6. The van der Waals surface area contributed by atoms with E-state index in [1.54, 1.807) is 33.8 Å². The van der Waals surface area contributed by atoms with Gasteiger partial charge in [0, 0.05) is 45.9 Å². The first-order valence-corrected chi connectivity index (χ1v) is 22.9. The number of benzene rings is 4. The number of aromatic nitrogens is 2. The van der Waals surface area contributed by atoms with Gasteiger partial charge in [-0.1, -0.05) is 38.1 Å². The van der Waals surface area contributed by atoms with Gasteiger partial charge in [0.1, 0.15) is 0 Å². The van der Waals surface area contributed by atoms with Crippen molar-refractivity contribution in [2.75, 3.05) is 22.6 Å². The molecule has 0 aliphatic rings. The topological polar surface area (TPSA) is 133 Å². The number of nitrogens with one attached hydrogen (secondary N) is 1. The standard InChI is InChI=1S/C24H29FN2O3S.C21H26N2O2S/c1-16(2)31(29,30)14-12-17(3)19-5-8-22(9-6-19)27-13-11-20-15-21(7-10-23(20)27)26-24(28)18(4)25;1-15(2)26(24,25)13-11-16(3)17-4-7-20(8-5-17)23-12-10-18-14-19(22)6-9-21(18)23/h5-11,13,15-18H,12,14H2,1-4H3,(H,26,28);4-10,12,14-16H,11,13,22H2,1-3H3/t17-,18?;16-/m00/s1. The van der Waals surface area contributed by atoms with E-state index < -0.39 is 31.8 Å². The molecule has 6 aromatic rings. The fourth-order valence-corrected chi connectivity index (χ4v) is 8.79. The highest BCUT2D eigenvalue weighted by atomic mass is 32.2. The maximum atomic E-state index is 13.1. The number of nitrogens with zero attached hydrogens (tertiary/aromatic N) is 2. The maximum absolute atomic E-state index is 13.1. The first-order valence-electron chi connectivity index (χ1n) is 19.4. The zero-order valence-electron chi connectivity index (χ0n) is 33.8. The molecule has 12 heteroatoms. The number of alkyl halides is 1. The SMILES string of the molecule is CC(C)S(=O)(=O)CC[C@H](C)c1ccc(-n2ccc3cc(N)ccc32)cc1.CC(F)C(=O)Nc1ccc2c(ccn2-c2ccc([C@@H](C)CCS(=O)(=O)C(C)C)cc2)c1. The third-order valence-corrected chi connectivity index (χ3v) is 15.1. The second kappa shape index (κ2) is 18.1. The first-order chi connectivity index (χ1) is 26.9. The van der Waals surface area contributed by atoms with Crippen LogP contribution in [0.25, 0.3) is 33.2 Å². The monoisotopic (exact) mass is 814 g/mol. The number of halogens is 1. The van der Waals surface area contributed by atoms with Crippen LogP contribution >= 0.6 is 0 Å². The highest BCUT2D eigenvalue weighted by molar-refractivity contribution is 7.92. The summed E-state index contributed by atoms with van der Waals surface area (Å²) in [5.74, 6) is 0.115. The van der Waals surface area contributed by atoms with Gasteiger partial charge in [0.05, 0.1) is 33.0 Å². The quantitative estimate of drug-likeness (QED) is 0.105. The summed E-state index contributed by atoms with van der Waals surface area (Å²) in [6, 6.07) is 31.8. The largest absolute Gasteiger partial charge is 0.399 e. The van der Waals surface area contributed by atoms with Crippen molar-refractivity contribution in [3.63, 3.8) is 0 Å². The molecule has 0 fully saturated rings. The summed E-state index contributed by atoms with van der Waals surface area (Å²) in [6.45, 7) is 12.2. The third kappa shape index (κ3) is 10.7. The minimum Gasteiger partial charge on any atom is -0.399 e. The van der Waals surface area contributed by atoms with Crippen LogP contribution in [-0.2, 0) is 24.5 Å². The third-order valence-electron chi connectivity index (χ3n) is 10.6. The predicted octanol–water partition coefficient (Wildman–Crippen LogP) is 9.77. The number of sulfone groups is 2. The molecule has 0 aliphatic heterocycles. The van der Waals surface area contributed by atoms with E-state index in [4.69, 9.17) is 5.73 Å². The Labute approximate surface area is 336 Å². The number of fused-ring (bicyclic) bond motifs is 2. The lowest BCUT2D eigenvalue weighted by Gasteiger charge is -2.15. The molecule has 6 rings (SSSR count). The summed E-state index contributed by atoms with van der Waals surface area (Å²) in [5.41, 5.74) is 13.6. The first kappa shape index (κ1) is 43.2. The van der Waals surface area contributed by atoms with E-state index >= 15 is 0 Å². The number of anilines is 2. The van der Waals surface area contributed by atoms with E-state index in [9.17, 15) is 26.0 Å². The Morgan fingerprint density at radius 2 is 1.04 bits per heavy atom. The molecule has 2 aromatic heterocycles. The Balaban J connectivity index is 0.000000221. The van der Waals surface area contributed by atoms with Crippen LogP contribution in [0.2, 0.25) is 0 Å². The minimum atomic E-state index is -3.04. The van der Waals surface area contributed by atoms with Crippen molar-refractivity contribution in [2.24, 2.45) is 0 Å². The fraction of sp³-hybridized carbons (Fsp3) is 0.356. The number of hydrogen-bond donors (Lipinski definition) is 2.